The van der Waals surface area contributed by atoms with Crippen molar-refractivity contribution in [2.75, 3.05) is 6.54 Å². The Kier molecular flexibility index (Phi) is 3.35. The zero-order valence-electron chi connectivity index (χ0n) is 11.4. The largest absolute Gasteiger partial charge is 0.355 e. The first-order valence-corrected chi connectivity index (χ1v) is 7.66. The van der Waals surface area contributed by atoms with Crippen molar-refractivity contribution >= 4 is 5.91 Å². The van der Waals surface area contributed by atoms with Crippen LogP contribution in [0, 0.1) is 29.6 Å². The Bertz CT molecular complexity index is 298. The van der Waals surface area contributed by atoms with Crippen LogP contribution in [0.25, 0.3) is 0 Å². The molecule has 0 aromatic carbocycles. The standard InChI is InChI=1S/C15H26N2O/c1-9(16)15(18)17-3-2-14-12-5-10-4-11(7-12)8-13(14)6-10/h9-14H,2-8,16H2,1H3,(H,17,18). The summed E-state index contributed by atoms with van der Waals surface area (Å²) in [4.78, 5) is 11.5. The van der Waals surface area contributed by atoms with E-state index in [1.54, 1.807) is 6.92 Å². The molecular formula is C15H26N2O. The molecule has 0 radical (unpaired) electrons. The number of nitrogens with two attached hydrogens (primary N) is 1. The molecule has 4 aliphatic rings. The van der Waals surface area contributed by atoms with Crippen molar-refractivity contribution in [3.63, 3.8) is 0 Å². The van der Waals surface area contributed by atoms with Crippen LogP contribution in [0.3, 0.4) is 0 Å². The minimum Gasteiger partial charge on any atom is -0.355 e. The maximum atomic E-state index is 11.5. The number of nitrogens with one attached hydrogen (secondary N) is 1. The smallest absolute Gasteiger partial charge is 0.236 e. The highest BCUT2D eigenvalue weighted by atomic mass is 16.2. The fourth-order valence-electron chi connectivity index (χ4n) is 5.03. The van der Waals surface area contributed by atoms with Gasteiger partial charge in [-0.05, 0) is 75.0 Å². The number of carbonyl (C=O) groups is 1. The van der Waals surface area contributed by atoms with Crippen LogP contribution in [0.4, 0.5) is 0 Å². The molecule has 1 unspecified atom stereocenters. The molecule has 4 fully saturated rings. The summed E-state index contributed by atoms with van der Waals surface area (Å²) in [5, 5.41) is 2.98. The van der Waals surface area contributed by atoms with E-state index in [0.29, 0.717) is 0 Å². The molecule has 4 saturated carbocycles. The maximum Gasteiger partial charge on any atom is 0.236 e. The average Bonchev–Trinajstić information content (AvgIpc) is 2.31. The average molecular weight is 250 g/mol. The molecule has 0 aromatic heterocycles. The van der Waals surface area contributed by atoms with Crippen molar-refractivity contribution in [2.45, 2.75) is 51.5 Å². The highest BCUT2D eigenvalue weighted by molar-refractivity contribution is 5.80. The first-order valence-electron chi connectivity index (χ1n) is 7.66. The van der Waals surface area contributed by atoms with E-state index >= 15 is 0 Å². The lowest BCUT2D eigenvalue weighted by Crippen LogP contribution is -2.46. The lowest BCUT2D eigenvalue weighted by Gasteiger charge is -2.54. The van der Waals surface area contributed by atoms with Crippen LogP contribution in [0.2, 0.25) is 0 Å². The minimum absolute atomic E-state index is 0.00110. The molecule has 0 heterocycles. The van der Waals surface area contributed by atoms with Gasteiger partial charge in [0.25, 0.3) is 0 Å². The van der Waals surface area contributed by atoms with Crippen LogP contribution in [-0.2, 0) is 4.79 Å². The van der Waals surface area contributed by atoms with Crippen LogP contribution in [0.1, 0.15) is 45.4 Å². The molecule has 102 valence electrons. The second kappa shape index (κ2) is 4.84. The van der Waals surface area contributed by atoms with E-state index in [4.69, 9.17) is 5.73 Å². The lowest BCUT2D eigenvalue weighted by atomic mass is 9.51. The quantitative estimate of drug-likeness (QED) is 0.801. The van der Waals surface area contributed by atoms with E-state index in [1.807, 2.05) is 0 Å². The molecule has 0 saturated heterocycles. The molecule has 3 nitrogen and oxygen atoms in total. The number of rotatable bonds is 4. The summed E-state index contributed by atoms with van der Waals surface area (Å²) in [6.45, 7) is 2.57. The van der Waals surface area contributed by atoms with Gasteiger partial charge in [-0.2, -0.15) is 0 Å². The second-order valence-electron chi connectivity index (χ2n) is 6.96. The summed E-state index contributed by atoms with van der Waals surface area (Å²) < 4.78 is 0. The van der Waals surface area contributed by atoms with Crippen LogP contribution in [0.15, 0.2) is 0 Å². The van der Waals surface area contributed by atoms with Crippen molar-refractivity contribution in [2.24, 2.45) is 35.3 Å². The molecule has 0 aliphatic heterocycles. The molecular weight excluding hydrogens is 224 g/mol. The fraction of sp³-hybridized carbons (Fsp3) is 0.933. The van der Waals surface area contributed by atoms with Crippen LogP contribution < -0.4 is 11.1 Å². The first-order chi connectivity index (χ1) is 8.63. The number of amides is 1. The van der Waals surface area contributed by atoms with Gasteiger partial charge in [0.1, 0.15) is 0 Å². The maximum absolute atomic E-state index is 11.5. The van der Waals surface area contributed by atoms with Gasteiger partial charge in [-0.3, -0.25) is 4.79 Å². The third kappa shape index (κ3) is 2.29. The zero-order chi connectivity index (χ0) is 12.7. The van der Waals surface area contributed by atoms with E-state index in [-0.39, 0.29) is 11.9 Å². The van der Waals surface area contributed by atoms with Gasteiger partial charge in [0.05, 0.1) is 6.04 Å². The Balaban J connectivity index is 1.50. The van der Waals surface area contributed by atoms with E-state index in [0.717, 1.165) is 36.1 Å². The lowest BCUT2D eigenvalue weighted by molar-refractivity contribution is -0.122. The first kappa shape index (κ1) is 12.5. The van der Waals surface area contributed by atoms with Crippen molar-refractivity contribution in [1.29, 1.82) is 0 Å². The van der Waals surface area contributed by atoms with Crippen LogP contribution in [0.5, 0.6) is 0 Å². The fourth-order valence-corrected chi connectivity index (χ4v) is 5.03. The van der Waals surface area contributed by atoms with Gasteiger partial charge in [-0.1, -0.05) is 0 Å². The second-order valence-corrected chi connectivity index (χ2v) is 6.96. The topological polar surface area (TPSA) is 55.1 Å². The van der Waals surface area contributed by atoms with Crippen molar-refractivity contribution in [1.82, 2.24) is 5.32 Å². The van der Waals surface area contributed by atoms with Crippen LogP contribution in [-0.4, -0.2) is 18.5 Å². The third-order valence-corrected chi connectivity index (χ3v) is 5.61. The Morgan fingerprint density at radius 3 is 2.22 bits per heavy atom. The zero-order valence-corrected chi connectivity index (χ0v) is 11.4. The highest BCUT2D eigenvalue weighted by Gasteiger charge is 2.47. The number of hydrogen-bond acceptors (Lipinski definition) is 2. The monoisotopic (exact) mass is 250 g/mol. The molecule has 4 bridgehead atoms. The van der Waals surface area contributed by atoms with Gasteiger partial charge in [-0.15, -0.1) is 0 Å². The summed E-state index contributed by atoms with van der Waals surface area (Å²) in [6, 6.07) is -0.372. The van der Waals surface area contributed by atoms with Gasteiger partial charge >= 0.3 is 0 Å². The molecule has 4 aliphatic carbocycles. The summed E-state index contributed by atoms with van der Waals surface area (Å²) >= 11 is 0. The van der Waals surface area contributed by atoms with Gasteiger partial charge in [-0.25, -0.2) is 0 Å². The summed E-state index contributed by atoms with van der Waals surface area (Å²) in [5.74, 6) is 4.90. The molecule has 3 N–H and O–H groups in total. The van der Waals surface area contributed by atoms with E-state index in [2.05, 4.69) is 5.32 Å². The SMILES string of the molecule is CC(N)C(=O)NCCC1C2CC3CC(C2)CC1C3. The van der Waals surface area contributed by atoms with Gasteiger partial charge in [0.15, 0.2) is 0 Å². The molecule has 18 heavy (non-hydrogen) atoms. The Morgan fingerprint density at radius 2 is 1.72 bits per heavy atom. The number of hydrogen-bond donors (Lipinski definition) is 2. The molecule has 1 amide bonds. The number of carbonyl (C=O) groups excluding carboxylic acids is 1. The third-order valence-electron chi connectivity index (χ3n) is 5.61. The molecule has 1 atom stereocenters. The van der Waals surface area contributed by atoms with Crippen molar-refractivity contribution in [3.8, 4) is 0 Å². The van der Waals surface area contributed by atoms with E-state index in [1.165, 1.54) is 38.5 Å². The van der Waals surface area contributed by atoms with E-state index < -0.39 is 0 Å². The van der Waals surface area contributed by atoms with Gasteiger partial charge in [0.2, 0.25) is 5.91 Å². The molecule has 4 rings (SSSR count). The Hall–Kier alpha value is -0.570. The normalized spacial score (nSPS) is 42.9. The Labute approximate surface area is 110 Å². The summed E-state index contributed by atoms with van der Waals surface area (Å²) in [6.07, 6.45) is 8.57. The van der Waals surface area contributed by atoms with Gasteiger partial charge in [0, 0.05) is 6.54 Å². The van der Waals surface area contributed by atoms with Crippen molar-refractivity contribution in [3.05, 3.63) is 0 Å². The Morgan fingerprint density at radius 1 is 1.17 bits per heavy atom. The molecule has 0 aromatic rings. The van der Waals surface area contributed by atoms with Crippen molar-refractivity contribution < 1.29 is 4.79 Å². The molecule has 3 heteroatoms. The minimum atomic E-state index is -0.372. The predicted molar refractivity (Wildman–Crippen MR) is 71.8 cm³/mol. The summed E-state index contributed by atoms with van der Waals surface area (Å²) in [7, 11) is 0. The highest BCUT2D eigenvalue weighted by Crippen LogP contribution is 2.57. The molecule has 0 spiro atoms. The van der Waals surface area contributed by atoms with Gasteiger partial charge < -0.3 is 11.1 Å². The van der Waals surface area contributed by atoms with Crippen LogP contribution >= 0.6 is 0 Å². The summed E-state index contributed by atoms with van der Waals surface area (Å²) in [5.41, 5.74) is 5.56. The predicted octanol–water partition coefficient (Wildman–Crippen LogP) is 1.91. The van der Waals surface area contributed by atoms with E-state index in [9.17, 15) is 4.79 Å².